The molecule has 2 saturated heterocycles. The summed E-state index contributed by atoms with van der Waals surface area (Å²) in [6.07, 6.45) is 5.18. The van der Waals surface area contributed by atoms with Gasteiger partial charge >= 0.3 is 6.03 Å². The van der Waals surface area contributed by atoms with Crippen LogP contribution in [0, 0.1) is 0 Å². The van der Waals surface area contributed by atoms with Crippen molar-refractivity contribution in [3.63, 3.8) is 0 Å². The Bertz CT molecular complexity index is 977. The monoisotopic (exact) mass is 453 g/mol. The zero-order chi connectivity index (χ0) is 20.4. The van der Waals surface area contributed by atoms with E-state index in [4.69, 9.17) is 0 Å². The maximum Gasteiger partial charge on any atom is 0.335 e. The number of hydrogen-bond donors (Lipinski definition) is 1. The third-order valence-corrected chi connectivity index (χ3v) is 5.64. The Morgan fingerprint density at radius 2 is 1.45 bits per heavy atom. The largest absolute Gasteiger partial charge is 0.372 e. The highest BCUT2D eigenvalue weighted by atomic mass is 79.9. The highest BCUT2D eigenvalue weighted by molar-refractivity contribution is 9.10. The predicted octanol–water partition coefficient (Wildman–Crippen LogP) is 4.11. The molecule has 0 radical (unpaired) electrons. The topological polar surface area (TPSA) is 69.7 Å². The molecule has 0 saturated carbocycles. The number of anilines is 2. The van der Waals surface area contributed by atoms with Gasteiger partial charge in [0.05, 0.1) is 5.69 Å². The standard InChI is InChI=1S/C22H20BrN3O3/c23-16-6-10-18(11-7-16)26-21(28)19(20(27)24-22(26)29)14-15-4-8-17(9-5-15)25-12-2-1-3-13-25/h4-11,14H,1-3,12-13H2,(H,24,27,29)/b19-14+. The molecule has 0 aromatic heterocycles. The number of imide groups is 2. The van der Waals surface area contributed by atoms with E-state index < -0.39 is 17.8 Å². The van der Waals surface area contributed by atoms with Crippen LogP contribution in [0.15, 0.2) is 58.6 Å². The second-order valence-electron chi connectivity index (χ2n) is 7.07. The molecule has 0 unspecified atom stereocenters. The average Bonchev–Trinajstić information content (AvgIpc) is 2.73. The van der Waals surface area contributed by atoms with Crippen LogP contribution in [0.3, 0.4) is 0 Å². The molecule has 7 heteroatoms. The number of benzene rings is 2. The molecule has 0 atom stereocenters. The van der Waals surface area contributed by atoms with Gasteiger partial charge in [0.2, 0.25) is 0 Å². The first-order chi connectivity index (χ1) is 14.0. The Morgan fingerprint density at radius 1 is 0.828 bits per heavy atom. The summed E-state index contributed by atoms with van der Waals surface area (Å²) in [5.74, 6) is -1.32. The van der Waals surface area contributed by atoms with E-state index in [1.165, 1.54) is 25.3 Å². The first-order valence-electron chi connectivity index (χ1n) is 9.55. The summed E-state index contributed by atoms with van der Waals surface area (Å²) in [6, 6.07) is 13.8. The fourth-order valence-electron chi connectivity index (χ4n) is 3.58. The first kappa shape index (κ1) is 19.4. The van der Waals surface area contributed by atoms with Crippen LogP contribution in [-0.2, 0) is 9.59 Å². The lowest BCUT2D eigenvalue weighted by Crippen LogP contribution is -2.54. The van der Waals surface area contributed by atoms with Crippen molar-refractivity contribution in [2.24, 2.45) is 0 Å². The summed E-state index contributed by atoms with van der Waals surface area (Å²) in [7, 11) is 0. The summed E-state index contributed by atoms with van der Waals surface area (Å²) < 4.78 is 0.826. The van der Waals surface area contributed by atoms with Crippen LogP contribution in [0.25, 0.3) is 6.08 Å². The Morgan fingerprint density at radius 3 is 2.10 bits per heavy atom. The molecule has 6 nitrogen and oxygen atoms in total. The van der Waals surface area contributed by atoms with Gasteiger partial charge in [0, 0.05) is 23.2 Å². The van der Waals surface area contributed by atoms with Crippen molar-refractivity contribution in [2.45, 2.75) is 19.3 Å². The number of barbiturate groups is 1. The third-order valence-electron chi connectivity index (χ3n) is 5.11. The van der Waals surface area contributed by atoms with Crippen LogP contribution in [0.1, 0.15) is 24.8 Å². The summed E-state index contributed by atoms with van der Waals surface area (Å²) in [6.45, 7) is 2.09. The van der Waals surface area contributed by atoms with Crippen molar-refractivity contribution in [2.75, 3.05) is 22.9 Å². The molecule has 1 N–H and O–H groups in total. The van der Waals surface area contributed by atoms with Gasteiger partial charge in [-0.05, 0) is 67.3 Å². The molecule has 2 aliphatic rings. The third kappa shape index (κ3) is 4.10. The maximum atomic E-state index is 12.9. The molecule has 29 heavy (non-hydrogen) atoms. The number of nitrogens with zero attached hydrogens (tertiary/aromatic N) is 2. The van der Waals surface area contributed by atoms with Crippen LogP contribution in [0.4, 0.5) is 16.2 Å². The minimum Gasteiger partial charge on any atom is -0.372 e. The molecule has 0 spiro atoms. The van der Waals surface area contributed by atoms with Gasteiger partial charge in [-0.25, -0.2) is 9.69 Å². The molecule has 4 amide bonds. The highest BCUT2D eigenvalue weighted by Gasteiger charge is 2.36. The summed E-state index contributed by atoms with van der Waals surface area (Å²) in [5, 5.41) is 2.25. The van der Waals surface area contributed by atoms with Gasteiger partial charge in [0.1, 0.15) is 5.57 Å². The lowest BCUT2D eigenvalue weighted by Gasteiger charge is -2.29. The van der Waals surface area contributed by atoms with E-state index in [1.54, 1.807) is 24.3 Å². The van der Waals surface area contributed by atoms with Crippen molar-refractivity contribution in [3.8, 4) is 0 Å². The van der Waals surface area contributed by atoms with Crippen LogP contribution >= 0.6 is 15.9 Å². The van der Waals surface area contributed by atoms with Gasteiger partial charge < -0.3 is 4.90 Å². The van der Waals surface area contributed by atoms with Crippen LogP contribution in [0.5, 0.6) is 0 Å². The number of nitrogens with one attached hydrogen (secondary N) is 1. The van der Waals surface area contributed by atoms with Crippen molar-refractivity contribution in [1.82, 2.24) is 5.32 Å². The number of hydrogen-bond acceptors (Lipinski definition) is 4. The summed E-state index contributed by atoms with van der Waals surface area (Å²) in [5.41, 5.74) is 2.19. The van der Waals surface area contributed by atoms with E-state index in [9.17, 15) is 14.4 Å². The van der Waals surface area contributed by atoms with E-state index in [0.717, 1.165) is 33.7 Å². The van der Waals surface area contributed by atoms with E-state index in [1.807, 2.05) is 24.3 Å². The van der Waals surface area contributed by atoms with Crippen molar-refractivity contribution < 1.29 is 14.4 Å². The normalized spacial score (nSPS) is 18.9. The Balaban J connectivity index is 1.59. The second kappa shape index (κ2) is 8.21. The quantitative estimate of drug-likeness (QED) is 0.560. The molecule has 0 bridgehead atoms. The van der Waals surface area contributed by atoms with E-state index in [2.05, 4.69) is 26.1 Å². The van der Waals surface area contributed by atoms with Gasteiger partial charge in [0.25, 0.3) is 11.8 Å². The Labute approximate surface area is 177 Å². The molecular formula is C22H20BrN3O3. The average molecular weight is 454 g/mol. The first-order valence-corrected chi connectivity index (χ1v) is 10.3. The molecule has 2 heterocycles. The fourth-order valence-corrected chi connectivity index (χ4v) is 3.85. The van der Waals surface area contributed by atoms with Gasteiger partial charge in [-0.3, -0.25) is 14.9 Å². The van der Waals surface area contributed by atoms with Crippen molar-refractivity contribution in [1.29, 1.82) is 0 Å². The molecule has 2 fully saturated rings. The lowest BCUT2D eigenvalue weighted by atomic mass is 10.1. The molecular weight excluding hydrogens is 434 g/mol. The van der Waals surface area contributed by atoms with Crippen molar-refractivity contribution >= 4 is 51.2 Å². The molecule has 4 rings (SSSR count). The minimum atomic E-state index is -0.750. The minimum absolute atomic E-state index is 0.0711. The zero-order valence-electron chi connectivity index (χ0n) is 15.7. The number of halogens is 1. The summed E-state index contributed by atoms with van der Waals surface area (Å²) >= 11 is 3.33. The Kier molecular flexibility index (Phi) is 5.49. The number of amides is 4. The SMILES string of the molecule is O=C1NC(=O)N(c2ccc(Br)cc2)C(=O)/C1=C/c1ccc(N2CCCCC2)cc1. The zero-order valence-corrected chi connectivity index (χ0v) is 17.3. The molecule has 0 aliphatic carbocycles. The van der Waals surface area contributed by atoms with Gasteiger partial charge in [-0.15, -0.1) is 0 Å². The lowest BCUT2D eigenvalue weighted by molar-refractivity contribution is -0.122. The number of urea groups is 1. The number of carbonyl (C=O) groups is 3. The second-order valence-corrected chi connectivity index (χ2v) is 7.99. The smallest absolute Gasteiger partial charge is 0.335 e. The van der Waals surface area contributed by atoms with E-state index in [-0.39, 0.29) is 5.57 Å². The van der Waals surface area contributed by atoms with Crippen molar-refractivity contribution in [3.05, 3.63) is 64.1 Å². The number of rotatable bonds is 3. The number of piperidine rings is 1. The van der Waals surface area contributed by atoms with E-state index in [0.29, 0.717) is 5.69 Å². The molecule has 2 aromatic carbocycles. The summed E-state index contributed by atoms with van der Waals surface area (Å²) in [4.78, 5) is 40.8. The van der Waals surface area contributed by atoms with Crippen LogP contribution < -0.4 is 15.1 Å². The van der Waals surface area contributed by atoms with Crippen LogP contribution in [-0.4, -0.2) is 30.9 Å². The fraction of sp³-hybridized carbons (Fsp3) is 0.227. The molecule has 2 aliphatic heterocycles. The van der Waals surface area contributed by atoms with Gasteiger partial charge in [-0.1, -0.05) is 28.1 Å². The number of carbonyl (C=O) groups excluding carboxylic acids is 3. The Hall–Kier alpha value is -2.93. The van der Waals surface area contributed by atoms with Gasteiger partial charge in [0.15, 0.2) is 0 Å². The van der Waals surface area contributed by atoms with E-state index >= 15 is 0 Å². The van der Waals surface area contributed by atoms with Crippen LogP contribution in [0.2, 0.25) is 0 Å². The van der Waals surface area contributed by atoms with Gasteiger partial charge in [-0.2, -0.15) is 0 Å². The predicted molar refractivity (Wildman–Crippen MR) is 116 cm³/mol. The highest BCUT2D eigenvalue weighted by Crippen LogP contribution is 2.25. The maximum absolute atomic E-state index is 12.9. The molecule has 148 valence electrons. The molecule has 2 aromatic rings.